The van der Waals surface area contributed by atoms with E-state index in [0.717, 1.165) is 23.3 Å². The molecule has 0 fully saturated rings. The van der Waals surface area contributed by atoms with Crippen LogP contribution in [0.1, 0.15) is 80.1 Å². The van der Waals surface area contributed by atoms with Gasteiger partial charge in [-0.25, -0.2) is 4.79 Å². The molecule has 0 N–H and O–H groups in total. The van der Waals surface area contributed by atoms with Crippen LogP contribution in [0.15, 0.2) is 50.6 Å². The average molecular weight is 603 g/mol. The summed E-state index contributed by atoms with van der Waals surface area (Å²) in [6.07, 6.45) is 12.1. The van der Waals surface area contributed by atoms with E-state index in [-0.39, 0.29) is 5.97 Å². The molecule has 2 nitrogen and oxygen atoms in total. The number of carbonyl (C=O) groups is 1. The van der Waals surface area contributed by atoms with Crippen LogP contribution in [-0.2, 0) is 9.53 Å². The van der Waals surface area contributed by atoms with Crippen molar-refractivity contribution in [3.05, 3.63) is 50.6 Å². The van der Waals surface area contributed by atoms with E-state index in [2.05, 4.69) is 53.7 Å². The fourth-order valence-corrected chi connectivity index (χ4v) is 12.2. The first-order valence-corrected chi connectivity index (χ1v) is 18.0. The van der Waals surface area contributed by atoms with Gasteiger partial charge in [0.15, 0.2) is 0 Å². The monoisotopic (exact) mass is 602 g/mol. The van der Waals surface area contributed by atoms with Crippen molar-refractivity contribution in [1.82, 2.24) is 0 Å². The van der Waals surface area contributed by atoms with Crippen LogP contribution in [-0.4, -0.2) is 24.6 Å². The SMILES string of the molecule is COC(=O)C1=CSC(=C2SC(SCCC(C)CCC=C(C)C)=C(SCCC(C)CCC=C(C)C)S2)S1. The van der Waals surface area contributed by atoms with E-state index in [1.807, 2.05) is 52.5 Å². The molecule has 0 saturated heterocycles. The van der Waals surface area contributed by atoms with Crippen molar-refractivity contribution >= 4 is 76.5 Å². The van der Waals surface area contributed by atoms with Crippen molar-refractivity contribution in [1.29, 1.82) is 0 Å². The second kappa shape index (κ2) is 17.8. The van der Waals surface area contributed by atoms with Crippen molar-refractivity contribution in [2.24, 2.45) is 11.8 Å². The molecule has 2 rings (SSSR count). The van der Waals surface area contributed by atoms with Crippen LogP contribution in [0.25, 0.3) is 0 Å². The number of allylic oxidation sites excluding steroid dienone is 4. The summed E-state index contributed by atoms with van der Waals surface area (Å²) in [5.41, 5.74) is 2.84. The van der Waals surface area contributed by atoms with E-state index in [4.69, 9.17) is 4.74 Å². The van der Waals surface area contributed by atoms with Crippen LogP contribution in [0.4, 0.5) is 0 Å². The molecule has 0 aromatic heterocycles. The minimum Gasteiger partial charge on any atom is -0.465 e. The van der Waals surface area contributed by atoms with E-state index in [9.17, 15) is 4.79 Å². The van der Waals surface area contributed by atoms with Gasteiger partial charge in [-0.15, -0.1) is 23.5 Å². The molecule has 202 valence electrons. The molecule has 0 aromatic rings. The molecule has 0 amide bonds. The van der Waals surface area contributed by atoms with E-state index in [1.54, 1.807) is 23.5 Å². The smallest absolute Gasteiger partial charge is 0.345 e. The van der Waals surface area contributed by atoms with Crippen molar-refractivity contribution in [2.45, 2.75) is 80.1 Å². The van der Waals surface area contributed by atoms with Gasteiger partial charge in [0.1, 0.15) is 4.91 Å². The second-order valence-corrected chi connectivity index (χ2v) is 17.0. The molecule has 2 heterocycles. The summed E-state index contributed by atoms with van der Waals surface area (Å²) in [6.45, 7) is 13.5. The zero-order valence-corrected chi connectivity index (χ0v) is 27.7. The fraction of sp³-hybridized carbons (Fsp3) is 0.607. The first-order chi connectivity index (χ1) is 17.2. The van der Waals surface area contributed by atoms with Crippen molar-refractivity contribution in [3.63, 3.8) is 0 Å². The molecule has 0 saturated carbocycles. The summed E-state index contributed by atoms with van der Waals surface area (Å²) < 4.78 is 10.4. The summed E-state index contributed by atoms with van der Waals surface area (Å²) >= 11 is 11.1. The molecule has 2 aliphatic heterocycles. The Bertz CT molecular complexity index is 844. The highest BCUT2D eigenvalue weighted by Crippen LogP contribution is 2.62. The van der Waals surface area contributed by atoms with Gasteiger partial charge in [-0.2, -0.15) is 0 Å². The van der Waals surface area contributed by atoms with Crippen LogP contribution in [0.5, 0.6) is 0 Å². The zero-order valence-electron chi connectivity index (χ0n) is 22.8. The summed E-state index contributed by atoms with van der Waals surface area (Å²) in [7, 11) is 1.45. The number of hydrogen-bond acceptors (Lipinski definition) is 8. The largest absolute Gasteiger partial charge is 0.465 e. The van der Waals surface area contributed by atoms with Gasteiger partial charge in [0.25, 0.3) is 0 Å². The molecular formula is C28H42O2S6. The van der Waals surface area contributed by atoms with E-state index >= 15 is 0 Å². The third-order valence-electron chi connectivity index (χ3n) is 5.68. The highest BCUT2D eigenvalue weighted by molar-refractivity contribution is 8.42. The fourth-order valence-electron chi connectivity index (χ4n) is 3.38. The molecule has 0 bridgehead atoms. The molecule has 2 atom stereocenters. The number of methoxy groups -OCH3 is 1. The zero-order chi connectivity index (χ0) is 26.5. The molecule has 2 aliphatic rings. The number of esters is 1. The summed E-state index contributed by atoms with van der Waals surface area (Å²) in [5.74, 6) is 3.58. The van der Waals surface area contributed by atoms with Gasteiger partial charge in [-0.1, -0.05) is 84.2 Å². The number of carbonyl (C=O) groups excluding carboxylic acids is 1. The number of hydrogen-bond donors (Lipinski definition) is 0. The standard InChI is InChI=1S/C28H42O2S6/c1-19(2)10-8-12-21(5)14-16-31-25-26(32-17-15-22(6)13-9-11-20(3)4)36-28(35-25)27-33-18-23(34-27)24(29)30-7/h10-11,18,21-22H,8-9,12-17H2,1-7H3. The van der Waals surface area contributed by atoms with Crippen LogP contribution in [0.2, 0.25) is 0 Å². The van der Waals surface area contributed by atoms with E-state index < -0.39 is 0 Å². The second-order valence-electron chi connectivity index (χ2n) is 9.75. The molecular weight excluding hydrogens is 561 g/mol. The molecule has 8 heteroatoms. The Labute approximate surface area is 245 Å². The maximum atomic E-state index is 12.0. The molecule has 0 radical (unpaired) electrons. The van der Waals surface area contributed by atoms with E-state index in [1.165, 1.54) is 73.7 Å². The Balaban J connectivity index is 1.93. The highest BCUT2D eigenvalue weighted by Gasteiger charge is 2.29. The first-order valence-electron chi connectivity index (χ1n) is 12.7. The van der Waals surface area contributed by atoms with Crippen LogP contribution >= 0.6 is 70.6 Å². The maximum absolute atomic E-state index is 12.0. The topological polar surface area (TPSA) is 26.3 Å². The lowest BCUT2D eigenvalue weighted by Gasteiger charge is -2.11. The third kappa shape index (κ3) is 12.4. The number of thioether (sulfide) groups is 6. The third-order valence-corrected chi connectivity index (χ3v) is 14.1. The Kier molecular flexibility index (Phi) is 16.0. The lowest BCUT2D eigenvalue weighted by molar-refractivity contribution is -0.135. The molecule has 0 aliphatic carbocycles. The Hall–Kier alpha value is 0.270. The van der Waals surface area contributed by atoms with Gasteiger partial charge in [-0.3, -0.25) is 0 Å². The van der Waals surface area contributed by atoms with Crippen LogP contribution in [0, 0.1) is 11.8 Å². The Morgan fingerprint density at radius 1 is 0.833 bits per heavy atom. The summed E-state index contributed by atoms with van der Waals surface area (Å²) in [4.78, 5) is 12.6. The maximum Gasteiger partial charge on any atom is 0.345 e. The predicted octanol–water partition coefficient (Wildman–Crippen LogP) is 11.2. The highest BCUT2D eigenvalue weighted by atomic mass is 32.3. The van der Waals surface area contributed by atoms with Gasteiger partial charge in [0.2, 0.25) is 0 Å². The average Bonchev–Trinajstić information content (AvgIpc) is 3.46. The van der Waals surface area contributed by atoms with Gasteiger partial charge in [-0.05, 0) is 95.0 Å². The summed E-state index contributed by atoms with van der Waals surface area (Å²) in [5, 5.41) is 1.93. The van der Waals surface area contributed by atoms with Gasteiger partial charge in [0.05, 0.1) is 24.1 Å². The first kappa shape index (κ1) is 32.5. The van der Waals surface area contributed by atoms with Crippen molar-refractivity contribution in [3.8, 4) is 0 Å². The van der Waals surface area contributed by atoms with Gasteiger partial charge in [0, 0.05) is 0 Å². The Morgan fingerprint density at radius 2 is 1.33 bits per heavy atom. The molecule has 2 unspecified atom stereocenters. The normalized spacial score (nSPS) is 17.2. The van der Waals surface area contributed by atoms with Crippen LogP contribution in [0.3, 0.4) is 0 Å². The number of rotatable bonds is 15. The van der Waals surface area contributed by atoms with Crippen molar-refractivity contribution < 1.29 is 9.53 Å². The molecule has 0 spiro atoms. The molecule has 0 aromatic carbocycles. The quantitative estimate of drug-likeness (QED) is 0.135. The summed E-state index contributed by atoms with van der Waals surface area (Å²) in [6, 6.07) is 0. The minimum absolute atomic E-state index is 0.238. The minimum atomic E-state index is -0.238. The predicted molar refractivity (Wildman–Crippen MR) is 174 cm³/mol. The van der Waals surface area contributed by atoms with Gasteiger partial charge < -0.3 is 4.74 Å². The lowest BCUT2D eigenvalue weighted by atomic mass is 10.0. The van der Waals surface area contributed by atoms with Gasteiger partial charge >= 0.3 is 5.97 Å². The Morgan fingerprint density at radius 3 is 1.78 bits per heavy atom. The van der Waals surface area contributed by atoms with Crippen LogP contribution < -0.4 is 0 Å². The molecule has 36 heavy (non-hydrogen) atoms. The van der Waals surface area contributed by atoms with E-state index in [0.29, 0.717) is 4.91 Å². The van der Waals surface area contributed by atoms with Crippen molar-refractivity contribution in [2.75, 3.05) is 18.6 Å². The lowest BCUT2D eigenvalue weighted by Crippen LogP contribution is -1.99. The number of ether oxygens (including phenoxy) is 1.